The third-order valence-electron chi connectivity index (χ3n) is 5.55. The summed E-state index contributed by atoms with van der Waals surface area (Å²) in [4.78, 5) is 13.6. The average molecular weight is 301 g/mol. The fourth-order valence-electron chi connectivity index (χ4n) is 3.99. The lowest BCUT2D eigenvalue weighted by Crippen LogP contribution is -2.43. The van der Waals surface area contributed by atoms with Crippen LogP contribution in [0.5, 0.6) is 0 Å². The summed E-state index contributed by atoms with van der Waals surface area (Å²) >= 11 is 0. The Labute approximate surface area is 133 Å². The lowest BCUT2D eigenvalue weighted by atomic mass is 9.92. The van der Waals surface area contributed by atoms with Crippen molar-refractivity contribution in [2.45, 2.75) is 64.0 Å². The van der Waals surface area contributed by atoms with Crippen LogP contribution in [0.25, 0.3) is 0 Å². The van der Waals surface area contributed by atoms with Crippen LogP contribution in [0.1, 0.15) is 62.5 Å². The number of benzene rings is 1. The van der Waals surface area contributed by atoms with Crippen molar-refractivity contribution in [3.8, 4) is 0 Å². The van der Waals surface area contributed by atoms with E-state index in [4.69, 9.17) is 0 Å². The second-order valence-corrected chi connectivity index (χ2v) is 7.11. The van der Waals surface area contributed by atoms with Crippen molar-refractivity contribution in [2.24, 2.45) is 5.92 Å². The molecule has 1 aliphatic heterocycles. The molecule has 3 rings (SSSR count). The maximum Gasteiger partial charge on any atom is 0.307 e. The number of carboxylic acids is 1. The molecule has 1 heterocycles. The third-order valence-corrected chi connectivity index (χ3v) is 5.55. The van der Waals surface area contributed by atoms with Gasteiger partial charge in [0.1, 0.15) is 0 Å². The highest BCUT2D eigenvalue weighted by Crippen LogP contribution is 2.34. The first-order valence-corrected chi connectivity index (χ1v) is 8.69. The van der Waals surface area contributed by atoms with Gasteiger partial charge in [-0.2, -0.15) is 0 Å². The summed E-state index contributed by atoms with van der Waals surface area (Å²) in [5.74, 6) is -0.0817. The first-order chi connectivity index (χ1) is 10.6. The molecule has 3 nitrogen and oxygen atoms in total. The van der Waals surface area contributed by atoms with E-state index in [2.05, 4.69) is 36.1 Å². The number of carboxylic acid groups (broad SMARTS) is 1. The van der Waals surface area contributed by atoms with Crippen molar-refractivity contribution in [3.63, 3.8) is 0 Å². The van der Waals surface area contributed by atoms with E-state index in [9.17, 15) is 9.90 Å². The molecule has 0 bridgehead atoms. The Morgan fingerprint density at radius 2 is 1.82 bits per heavy atom. The van der Waals surface area contributed by atoms with E-state index in [1.165, 1.54) is 36.8 Å². The van der Waals surface area contributed by atoms with Gasteiger partial charge in [-0.15, -0.1) is 0 Å². The Balaban J connectivity index is 1.62. The van der Waals surface area contributed by atoms with E-state index in [0.29, 0.717) is 12.6 Å². The molecule has 0 spiro atoms. The van der Waals surface area contributed by atoms with E-state index < -0.39 is 5.97 Å². The van der Waals surface area contributed by atoms with Gasteiger partial charge in [-0.05, 0) is 49.7 Å². The summed E-state index contributed by atoms with van der Waals surface area (Å²) < 4.78 is 0. The quantitative estimate of drug-likeness (QED) is 0.913. The zero-order chi connectivity index (χ0) is 15.5. The van der Waals surface area contributed by atoms with Crippen molar-refractivity contribution >= 4 is 5.97 Å². The lowest BCUT2D eigenvalue weighted by molar-refractivity contribution is -0.144. The second kappa shape index (κ2) is 6.82. The Bertz CT molecular complexity index is 505. The Morgan fingerprint density at radius 1 is 1.14 bits per heavy atom. The van der Waals surface area contributed by atoms with Gasteiger partial charge in [-0.25, -0.2) is 0 Å². The molecule has 0 radical (unpaired) electrons. The largest absolute Gasteiger partial charge is 0.481 e. The standard InChI is InChI=1S/C19H27NO2/c1-14-6-9-18(19(21)22)13-20(14)12-15-7-10-17(11-8-15)16-4-2-3-5-16/h7-8,10-11,14,16,18H,2-6,9,12-13H2,1H3,(H,21,22). The predicted molar refractivity (Wildman–Crippen MR) is 87.9 cm³/mol. The minimum absolute atomic E-state index is 0.200. The number of hydrogen-bond acceptors (Lipinski definition) is 2. The van der Waals surface area contributed by atoms with E-state index in [1.807, 2.05) is 0 Å². The molecule has 1 aromatic rings. The highest BCUT2D eigenvalue weighted by molar-refractivity contribution is 5.70. The highest BCUT2D eigenvalue weighted by atomic mass is 16.4. The Kier molecular flexibility index (Phi) is 4.82. The van der Waals surface area contributed by atoms with Crippen LogP contribution in [-0.4, -0.2) is 28.6 Å². The molecule has 2 atom stereocenters. The summed E-state index contributed by atoms with van der Waals surface area (Å²) in [6.45, 7) is 3.77. The van der Waals surface area contributed by atoms with Crippen LogP contribution in [0.15, 0.2) is 24.3 Å². The van der Waals surface area contributed by atoms with Gasteiger partial charge in [0.25, 0.3) is 0 Å². The first kappa shape index (κ1) is 15.5. The summed E-state index contributed by atoms with van der Waals surface area (Å²) in [7, 11) is 0. The maximum atomic E-state index is 11.2. The third kappa shape index (κ3) is 3.52. The second-order valence-electron chi connectivity index (χ2n) is 7.11. The normalized spacial score (nSPS) is 27.1. The lowest BCUT2D eigenvalue weighted by Gasteiger charge is -2.36. The van der Waals surface area contributed by atoms with E-state index in [0.717, 1.165) is 25.3 Å². The van der Waals surface area contributed by atoms with E-state index in [-0.39, 0.29) is 5.92 Å². The van der Waals surface area contributed by atoms with Gasteiger partial charge in [0.05, 0.1) is 5.92 Å². The van der Waals surface area contributed by atoms with Crippen LogP contribution in [-0.2, 0) is 11.3 Å². The van der Waals surface area contributed by atoms with Crippen molar-refractivity contribution in [1.29, 1.82) is 0 Å². The molecule has 1 aromatic carbocycles. The van der Waals surface area contributed by atoms with Crippen LogP contribution >= 0.6 is 0 Å². The Morgan fingerprint density at radius 3 is 2.45 bits per heavy atom. The van der Waals surface area contributed by atoms with Crippen molar-refractivity contribution in [3.05, 3.63) is 35.4 Å². The van der Waals surface area contributed by atoms with Crippen molar-refractivity contribution < 1.29 is 9.90 Å². The fraction of sp³-hybridized carbons (Fsp3) is 0.632. The molecule has 1 saturated carbocycles. The van der Waals surface area contributed by atoms with Crippen LogP contribution in [0.3, 0.4) is 0 Å². The first-order valence-electron chi connectivity index (χ1n) is 8.69. The number of nitrogens with zero attached hydrogens (tertiary/aromatic N) is 1. The van der Waals surface area contributed by atoms with Crippen LogP contribution in [0, 0.1) is 5.92 Å². The van der Waals surface area contributed by atoms with Gasteiger partial charge >= 0.3 is 5.97 Å². The van der Waals surface area contributed by atoms with Gasteiger partial charge in [0.15, 0.2) is 0 Å². The molecule has 1 aliphatic carbocycles. The highest BCUT2D eigenvalue weighted by Gasteiger charge is 2.29. The number of likely N-dealkylation sites (tertiary alicyclic amines) is 1. The van der Waals surface area contributed by atoms with Gasteiger partial charge < -0.3 is 5.11 Å². The monoisotopic (exact) mass is 301 g/mol. The smallest absolute Gasteiger partial charge is 0.307 e. The summed E-state index contributed by atoms with van der Waals surface area (Å²) in [6.07, 6.45) is 7.21. The Hall–Kier alpha value is -1.35. The molecular formula is C19H27NO2. The minimum atomic E-state index is -0.645. The summed E-state index contributed by atoms with van der Waals surface area (Å²) in [5, 5.41) is 9.24. The number of hydrogen-bond donors (Lipinski definition) is 1. The molecule has 2 fully saturated rings. The number of rotatable bonds is 4. The molecule has 0 aromatic heterocycles. The number of piperidine rings is 1. The van der Waals surface area contributed by atoms with Gasteiger partial charge in [0, 0.05) is 19.1 Å². The number of carbonyl (C=O) groups is 1. The van der Waals surface area contributed by atoms with Crippen LogP contribution < -0.4 is 0 Å². The van der Waals surface area contributed by atoms with Crippen molar-refractivity contribution in [2.75, 3.05) is 6.54 Å². The minimum Gasteiger partial charge on any atom is -0.481 e. The molecular weight excluding hydrogens is 274 g/mol. The molecule has 3 heteroatoms. The topological polar surface area (TPSA) is 40.5 Å². The fourth-order valence-corrected chi connectivity index (χ4v) is 3.99. The predicted octanol–water partition coefficient (Wildman–Crippen LogP) is 4.03. The van der Waals surface area contributed by atoms with Gasteiger partial charge in [-0.1, -0.05) is 37.1 Å². The summed E-state index contributed by atoms with van der Waals surface area (Å²) in [5.41, 5.74) is 2.79. The van der Waals surface area contributed by atoms with E-state index >= 15 is 0 Å². The maximum absolute atomic E-state index is 11.2. The zero-order valence-corrected chi connectivity index (χ0v) is 13.5. The molecule has 1 saturated heterocycles. The van der Waals surface area contributed by atoms with E-state index in [1.54, 1.807) is 0 Å². The SMILES string of the molecule is CC1CCC(C(=O)O)CN1Cc1ccc(C2CCCC2)cc1. The van der Waals surface area contributed by atoms with Gasteiger partial charge in [0.2, 0.25) is 0 Å². The molecule has 2 unspecified atom stereocenters. The molecule has 0 amide bonds. The zero-order valence-electron chi connectivity index (χ0n) is 13.5. The molecule has 1 N–H and O–H groups in total. The van der Waals surface area contributed by atoms with Gasteiger partial charge in [-0.3, -0.25) is 9.69 Å². The molecule has 120 valence electrons. The average Bonchev–Trinajstić information content (AvgIpc) is 3.04. The summed E-state index contributed by atoms with van der Waals surface area (Å²) in [6, 6.07) is 9.53. The number of aliphatic carboxylic acids is 1. The van der Waals surface area contributed by atoms with Crippen molar-refractivity contribution in [1.82, 2.24) is 4.90 Å². The van der Waals surface area contributed by atoms with Crippen LogP contribution in [0.2, 0.25) is 0 Å². The molecule has 22 heavy (non-hydrogen) atoms. The molecule has 2 aliphatic rings. The van der Waals surface area contributed by atoms with Crippen LogP contribution in [0.4, 0.5) is 0 Å².